The lowest BCUT2D eigenvalue weighted by atomic mass is 9.95. The Morgan fingerprint density at radius 1 is 1.03 bits per heavy atom. The highest BCUT2D eigenvalue weighted by molar-refractivity contribution is 7.92. The average Bonchev–Trinajstić information content (AvgIpc) is 2.86. The number of sulfonamides is 1. The minimum Gasteiger partial charge on any atom is -0.352 e. The predicted octanol–water partition coefficient (Wildman–Crippen LogP) is 4.19. The van der Waals surface area contributed by atoms with Gasteiger partial charge in [-0.15, -0.1) is 0 Å². The number of carbonyl (C=O) groups excluding carboxylic acids is 2. The molecule has 0 aliphatic heterocycles. The second kappa shape index (κ2) is 12.4. The SMILES string of the molecule is CCc1ccccc1N(CC(=O)N(Cc1ccc(C)cc1)[C@H](C)C(=O)NC1CCCCC1)S(C)(=O)=O. The summed E-state index contributed by atoms with van der Waals surface area (Å²) in [6.45, 7) is 5.49. The highest BCUT2D eigenvalue weighted by atomic mass is 32.2. The molecule has 1 aliphatic carbocycles. The molecule has 0 bridgehead atoms. The van der Waals surface area contributed by atoms with Crippen molar-refractivity contribution in [2.24, 2.45) is 0 Å². The molecule has 0 spiro atoms. The molecule has 3 rings (SSSR count). The van der Waals surface area contributed by atoms with Gasteiger partial charge in [0.15, 0.2) is 0 Å². The summed E-state index contributed by atoms with van der Waals surface area (Å²) in [6.07, 6.45) is 6.98. The maximum Gasteiger partial charge on any atom is 0.244 e. The maximum absolute atomic E-state index is 13.7. The Kier molecular flexibility index (Phi) is 9.54. The number of aryl methyl sites for hydroxylation is 2. The Balaban J connectivity index is 1.89. The van der Waals surface area contributed by atoms with E-state index in [9.17, 15) is 18.0 Å². The zero-order chi connectivity index (χ0) is 26.3. The van der Waals surface area contributed by atoms with E-state index in [0.717, 1.165) is 52.9 Å². The molecule has 2 amide bonds. The van der Waals surface area contributed by atoms with Crippen LogP contribution in [-0.4, -0.2) is 50.0 Å². The summed E-state index contributed by atoms with van der Waals surface area (Å²) in [6, 6.07) is 14.4. The summed E-state index contributed by atoms with van der Waals surface area (Å²) in [7, 11) is -3.74. The van der Waals surface area contributed by atoms with Crippen molar-refractivity contribution in [2.75, 3.05) is 17.1 Å². The van der Waals surface area contributed by atoms with E-state index in [1.165, 1.54) is 11.3 Å². The Morgan fingerprint density at radius 3 is 2.28 bits per heavy atom. The molecular formula is C28H39N3O4S. The molecule has 1 aliphatic rings. The largest absolute Gasteiger partial charge is 0.352 e. The number of benzene rings is 2. The molecule has 0 heterocycles. The smallest absolute Gasteiger partial charge is 0.244 e. The van der Waals surface area contributed by atoms with Crippen molar-refractivity contribution in [2.45, 2.75) is 77.9 Å². The third-order valence-electron chi connectivity index (χ3n) is 6.91. The highest BCUT2D eigenvalue weighted by Gasteiger charge is 2.31. The number of carbonyl (C=O) groups is 2. The molecule has 1 atom stereocenters. The summed E-state index contributed by atoms with van der Waals surface area (Å²) >= 11 is 0. The van der Waals surface area contributed by atoms with Gasteiger partial charge in [0.1, 0.15) is 12.6 Å². The van der Waals surface area contributed by atoms with Crippen LogP contribution in [0.25, 0.3) is 0 Å². The molecule has 0 unspecified atom stereocenters. The van der Waals surface area contributed by atoms with E-state index in [2.05, 4.69) is 5.32 Å². The van der Waals surface area contributed by atoms with Crippen LogP contribution in [0.5, 0.6) is 0 Å². The molecule has 0 aromatic heterocycles. The highest BCUT2D eigenvalue weighted by Crippen LogP contribution is 2.24. The van der Waals surface area contributed by atoms with Gasteiger partial charge in [0.05, 0.1) is 11.9 Å². The van der Waals surface area contributed by atoms with Crippen LogP contribution in [0.3, 0.4) is 0 Å². The lowest BCUT2D eigenvalue weighted by Crippen LogP contribution is -2.53. The average molecular weight is 514 g/mol. The number of nitrogens with one attached hydrogen (secondary N) is 1. The van der Waals surface area contributed by atoms with Gasteiger partial charge in [0.2, 0.25) is 21.8 Å². The van der Waals surface area contributed by atoms with Crippen LogP contribution in [-0.2, 0) is 32.6 Å². The standard InChI is InChI=1S/C28H39N3O4S/c1-5-24-11-9-10-14-26(24)31(36(4,34)35)20-27(32)30(19-23-17-15-21(2)16-18-23)22(3)28(33)29-25-12-7-6-8-13-25/h9-11,14-18,22,25H,5-8,12-13,19-20H2,1-4H3,(H,29,33)/t22-/m1/s1. The number of hydrogen-bond acceptors (Lipinski definition) is 4. The monoisotopic (exact) mass is 513 g/mol. The van der Waals surface area contributed by atoms with E-state index in [-0.39, 0.29) is 25.0 Å². The fourth-order valence-corrected chi connectivity index (χ4v) is 5.57. The summed E-state index contributed by atoms with van der Waals surface area (Å²) < 4.78 is 26.7. The van der Waals surface area contributed by atoms with Crippen LogP contribution in [0.15, 0.2) is 48.5 Å². The number of hydrogen-bond donors (Lipinski definition) is 1. The van der Waals surface area contributed by atoms with Gasteiger partial charge >= 0.3 is 0 Å². The first kappa shape index (κ1) is 27.7. The molecule has 196 valence electrons. The van der Waals surface area contributed by atoms with Crippen LogP contribution >= 0.6 is 0 Å². The lowest BCUT2D eigenvalue weighted by molar-refractivity contribution is -0.139. The van der Waals surface area contributed by atoms with Crippen molar-refractivity contribution in [3.05, 3.63) is 65.2 Å². The summed E-state index contributed by atoms with van der Waals surface area (Å²) in [4.78, 5) is 28.4. The predicted molar refractivity (Wildman–Crippen MR) is 144 cm³/mol. The molecule has 7 nitrogen and oxygen atoms in total. The van der Waals surface area contributed by atoms with E-state index >= 15 is 0 Å². The molecule has 2 aromatic carbocycles. The van der Waals surface area contributed by atoms with Crippen LogP contribution in [0.4, 0.5) is 5.69 Å². The fourth-order valence-electron chi connectivity index (χ4n) is 4.69. The zero-order valence-corrected chi connectivity index (χ0v) is 22.7. The number of para-hydroxylation sites is 1. The molecule has 1 fully saturated rings. The Morgan fingerprint density at radius 2 is 1.67 bits per heavy atom. The van der Waals surface area contributed by atoms with Gasteiger partial charge in [-0.3, -0.25) is 13.9 Å². The molecule has 0 radical (unpaired) electrons. The fraction of sp³-hybridized carbons (Fsp3) is 0.500. The van der Waals surface area contributed by atoms with Crippen LogP contribution < -0.4 is 9.62 Å². The van der Waals surface area contributed by atoms with Crippen molar-refractivity contribution in [1.82, 2.24) is 10.2 Å². The molecule has 8 heteroatoms. The number of anilines is 1. The van der Waals surface area contributed by atoms with Gasteiger partial charge in [-0.25, -0.2) is 8.42 Å². The van der Waals surface area contributed by atoms with Crippen LogP contribution in [0.2, 0.25) is 0 Å². The zero-order valence-electron chi connectivity index (χ0n) is 21.9. The number of rotatable bonds is 10. The molecule has 2 aromatic rings. The van der Waals surface area contributed by atoms with Crippen LogP contribution in [0.1, 0.15) is 62.6 Å². The minimum atomic E-state index is -3.74. The first-order valence-corrected chi connectivity index (χ1v) is 14.7. The van der Waals surface area contributed by atoms with Crippen molar-refractivity contribution < 1.29 is 18.0 Å². The van der Waals surface area contributed by atoms with E-state index in [4.69, 9.17) is 0 Å². The maximum atomic E-state index is 13.7. The molecule has 1 saturated carbocycles. The van der Waals surface area contributed by atoms with Gasteiger partial charge in [0.25, 0.3) is 0 Å². The van der Waals surface area contributed by atoms with Gasteiger partial charge in [0, 0.05) is 12.6 Å². The Bertz CT molecular complexity index is 1140. The number of amides is 2. The van der Waals surface area contributed by atoms with E-state index in [0.29, 0.717) is 12.1 Å². The number of nitrogens with zero attached hydrogens (tertiary/aromatic N) is 2. The van der Waals surface area contributed by atoms with E-state index in [1.807, 2.05) is 50.2 Å². The quantitative estimate of drug-likeness (QED) is 0.516. The second-order valence-corrected chi connectivity index (χ2v) is 11.7. The van der Waals surface area contributed by atoms with E-state index in [1.54, 1.807) is 19.1 Å². The first-order chi connectivity index (χ1) is 17.1. The first-order valence-electron chi connectivity index (χ1n) is 12.8. The Labute approximate surface area is 215 Å². The van der Waals surface area contributed by atoms with Gasteiger partial charge in [-0.2, -0.15) is 0 Å². The normalized spacial score (nSPS) is 15.2. The van der Waals surface area contributed by atoms with Crippen molar-refractivity contribution >= 4 is 27.5 Å². The molecule has 0 saturated heterocycles. The van der Waals surface area contributed by atoms with E-state index < -0.39 is 22.0 Å². The van der Waals surface area contributed by atoms with Gasteiger partial charge < -0.3 is 10.2 Å². The topological polar surface area (TPSA) is 86.8 Å². The second-order valence-electron chi connectivity index (χ2n) is 9.78. The molecular weight excluding hydrogens is 474 g/mol. The Hall–Kier alpha value is -2.87. The minimum absolute atomic E-state index is 0.119. The van der Waals surface area contributed by atoms with Crippen molar-refractivity contribution in [3.63, 3.8) is 0 Å². The van der Waals surface area contributed by atoms with Crippen molar-refractivity contribution in [3.8, 4) is 0 Å². The summed E-state index contributed by atoms with van der Waals surface area (Å²) in [5.74, 6) is -0.625. The van der Waals surface area contributed by atoms with Gasteiger partial charge in [-0.1, -0.05) is 74.2 Å². The molecule has 36 heavy (non-hydrogen) atoms. The molecule has 1 N–H and O–H groups in total. The van der Waals surface area contributed by atoms with Crippen LogP contribution in [0, 0.1) is 6.92 Å². The van der Waals surface area contributed by atoms with Crippen molar-refractivity contribution in [1.29, 1.82) is 0 Å². The summed E-state index contributed by atoms with van der Waals surface area (Å²) in [5.41, 5.74) is 3.31. The third-order valence-corrected chi connectivity index (χ3v) is 8.04. The third kappa shape index (κ3) is 7.32. The lowest BCUT2D eigenvalue weighted by Gasteiger charge is -2.33. The summed E-state index contributed by atoms with van der Waals surface area (Å²) in [5, 5.41) is 3.12. The van der Waals surface area contributed by atoms with Gasteiger partial charge in [-0.05, 0) is 50.3 Å².